The molecule has 0 aliphatic carbocycles. The standard InChI is InChI=1S/C14H13BrN2O/c15-14(18)17-7-5-10(6-8-17)12-9-16-13-4-2-1-3-11(12)13/h1-5,9,16H,6-8H2. The zero-order valence-corrected chi connectivity index (χ0v) is 11.4. The van der Waals surface area contributed by atoms with E-state index in [1.165, 1.54) is 16.5 Å². The van der Waals surface area contributed by atoms with E-state index in [0.717, 1.165) is 18.5 Å². The summed E-state index contributed by atoms with van der Waals surface area (Å²) in [5, 5.41) is 1.25. The Morgan fingerprint density at radius 2 is 2.17 bits per heavy atom. The number of aromatic nitrogens is 1. The number of hydrogen-bond donors (Lipinski definition) is 1. The number of amides is 1. The Labute approximate surface area is 114 Å². The molecule has 1 aromatic carbocycles. The van der Waals surface area contributed by atoms with Crippen molar-refractivity contribution in [2.75, 3.05) is 13.1 Å². The normalized spacial score (nSPS) is 15.8. The summed E-state index contributed by atoms with van der Waals surface area (Å²) in [4.78, 5) is 16.3. The Hall–Kier alpha value is -1.55. The van der Waals surface area contributed by atoms with Crippen LogP contribution in [0.1, 0.15) is 12.0 Å². The van der Waals surface area contributed by atoms with E-state index in [0.29, 0.717) is 6.54 Å². The number of fused-ring (bicyclic) bond motifs is 1. The monoisotopic (exact) mass is 304 g/mol. The number of hydrogen-bond acceptors (Lipinski definition) is 1. The molecule has 18 heavy (non-hydrogen) atoms. The molecule has 0 atom stereocenters. The number of nitrogens with one attached hydrogen (secondary N) is 1. The smallest absolute Gasteiger partial charge is 0.289 e. The summed E-state index contributed by atoms with van der Waals surface area (Å²) in [6.07, 6.45) is 5.10. The number of aromatic amines is 1. The molecule has 3 rings (SSSR count). The van der Waals surface area contributed by atoms with Crippen LogP contribution in [0.25, 0.3) is 16.5 Å². The fourth-order valence-electron chi connectivity index (χ4n) is 2.41. The van der Waals surface area contributed by atoms with Crippen molar-refractivity contribution in [1.29, 1.82) is 0 Å². The van der Waals surface area contributed by atoms with Crippen molar-refractivity contribution in [3.05, 3.63) is 42.1 Å². The zero-order chi connectivity index (χ0) is 12.5. The molecule has 1 amide bonds. The molecule has 0 unspecified atom stereocenters. The first-order chi connectivity index (χ1) is 8.75. The van der Waals surface area contributed by atoms with Gasteiger partial charge in [-0.05, 0) is 18.1 Å². The second-order valence-corrected chi connectivity index (χ2v) is 5.10. The third kappa shape index (κ3) is 1.97. The van der Waals surface area contributed by atoms with Gasteiger partial charge in [0.1, 0.15) is 0 Å². The third-order valence-corrected chi connectivity index (χ3v) is 3.89. The average molecular weight is 305 g/mol. The predicted molar refractivity (Wildman–Crippen MR) is 76.8 cm³/mol. The van der Waals surface area contributed by atoms with Crippen LogP contribution in [0, 0.1) is 0 Å². The van der Waals surface area contributed by atoms with Crippen LogP contribution in [0.4, 0.5) is 4.79 Å². The molecule has 1 aliphatic heterocycles. The zero-order valence-electron chi connectivity index (χ0n) is 9.82. The number of H-pyrrole nitrogens is 1. The van der Waals surface area contributed by atoms with Crippen molar-refractivity contribution >= 4 is 37.2 Å². The quantitative estimate of drug-likeness (QED) is 0.632. The number of para-hydroxylation sites is 1. The summed E-state index contributed by atoms with van der Waals surface area (Å²) in [5.41, 5.74) is 3.73. The van der Waals surface area contributed by atoms with E-state index in [4.69, 9.17) is 0 Å². The van der Waals surface area contributed by atoms with E-state index in [-0.39, 0.29) is 4.82 Å². The predicted octanol–water partition coefficient (Wildman–Crippen LogP) is 3.77. The van der Waals surface area contributed by atoms with E-state index in [1.54, 1.807) is 4.90 Å². The number of carbonyl (C=O) groups is 1. The van der Waals surface area contributed by atoms with Gasteiger partial charge in [0.25, 0.3) is 4.82 Å². The number of rotatable bonds is 1. The highest BCUT2D eigenvalue weighted by molar-refractivity contribution is 9.18. The van der Waals surface area contributed by atoms with Crippen molar-refractivity contribution in [3.63, 3.8) is 0 Å². The van der Waals surface area contributed by atoms with Crippen LogP contribution in [0.5, 0.6) is 0 Å². The Kier molecular flexibility index (Phi) is 2.96. The number of nitrogens with zero attached hydrogens (tertiary/aromatic N) is 1. The first-order valence-corrected chi connectivity index (χ1v) is 6.75. The lowest BCUT2D eigenvalue weighted by Gasteiger charge is -2.24. The van der Waals surface area contributed by atoms with Gasteiger partial charge in [-0.1, -0.05) is 24.3 Å². The van der Waals surface area contributed by atoms with Gasteiger partial charge in [-0.2, -0.15) is 0 Å². The topological polar surface area (TPSA) is 36.1 Å². The first kappa shape index (κ1) is 11.5. The van der Waals surface area contributed by atoms with Crippen LogP contribution in [-0.2, 0) is 0 Å². The average Bonchev–Trinajstić information content (AvgIpc) is 2.82. The number of halogens is 1. The van der Waals surface area contributed by atoms with Gasteiger partial charge >= 0.3 is 0 Å². The van der Waals surface area contributed by atoms with E-state index >= 15 is 0 Å². The van der Waals surface area contributed by atoms with Gasteiger partial charge in [0.2, 0.25) is 0 Å². The molecule has 0 bridgehead atoms. The minimum absolute atomic E-state index is 0.0308. The van der Waals surface area contributed by atoms with Gasteiger partial charge in [-0.3, -0.25) is 4.79 Å². The number of carbonyl (C=O) groups excluding carboxylic acids is 1. The molecule has 0 saturated carbocycles. The summed E-state index contributed by atoms with van der Waals surface area (Å²) in [6, 6.07) is 8.29. The van der Waals surface area contributed by atoms with Gasteiger partial charge in [-0.25, -0.2) is 0 Å². The van der Waals surface area contributed by atoms with Gasteiger partial charge in [-0.15, -0.1) is 0 Å². The minimum Gasteiger partial charge on any atom is -0.361 e. The van der Waals surface area contributed by atoms with Crippen molar-refractivity contribution in [1.82, 2.24) is 9.88 Å². The van der Waals surface area contributed by atoms with Crippen molar-refractivity contribution in [2.45, 2.75) is 6.42 Å². The maximum Gasteiger partial charge on any atom is 0.289 e. The Bertz CT molecular complexity index is 630. The molecule has 3 nitrogen and oxygen atoms in total. The lowest BCUT2D eigenvalue weighted by atomic mass is 9.99. The van der Waals surface area contributed by atoms with Crippen molar-refractivity contribution < 1.29 is 4.79 Å². The molecule has 1 N–H and O–H groups in total. The molecule has 2 aromatic rings. The SMILES string of the molecule is O=C(Br)N1CC=C(c2c[nH]c3ccccc23)CC1. The van der Waals surface area contributed by atoms with E-state index in [2.05, 4.69) is 51.4 Å². The maximum atomic E-state index is 11.2. The lowest BCUT2D eigenvalue weighted by molar-refractivity contribution is 0.229. The van der Waals surface area contributed by atoms with E-state index < -0.39 is 0 Å². The first-order valence-electron chi connectivity index (χ1n) is 5.95. The van der Waals surface area contributed by atoms with Crippen LogP contribution in [-0.4, -0.2) is 27.8 Å². The van der Waals surface area contributed by atoms with Gasteiger partial charge in [0, 0.05) is 51.7 Å². The van der Waals surface area contributed by atoms with Gasteiger partial charge in [0.05, 0.1) is 0 Å². The van der Waals surface area contributed by atoms with E-state index in [9.17, 15) is 4.79 Å². The Morgan fingerprint density at radius 1 is 1.33 bits per heavy atom. The fourth-order valence-corrected chi connectivity index (χ4v) is 2.73. The summed E-state index contributed by atoms with van der Waals surface area (Å²) >= 11 is 3.00. The second kappa shape index (κ2) is 4.61. The molecule has 4 heteroatoms. The highest BCUT2D eigenvalue weighted by Gasteiger charge is 2.17. The summed E-state index contributed by atoms with van der Waals surface area (Å²) < 4.78 is 0. The summed E-state index contributed by atoms with van der Waals surface area (Å²) in [6.45, 7) is 1.45. The van der Waals surface area contributed by atoms with Crippen molar-refractivity contribution in [2.24, 2.45) is 0 Å². The van der Waals surface area contributed by atoms with Gasteiger partial charge in [0.15, 0.2) is 0 Å². The van der Waals surface area contributed by atoms with Crippen LogP contribution < -0.4 is 0 Å². The largest absolute Gasteiger partial charge is 0.361 e. The third-order valence-electron chi connectivity index (χ3n) is 3.39. The van der Waals surface area contributed by atoms with Crippen LogP contribution >= 0.6 is 15.9 Å². The van der Waals surface area contributed by atoms with Crippen LogP contribution in [0.15, 0.2) is 36.5 Å². The highest BCUT2D eigenvalue weighted by Crippen LogP contribution is 2.29. The molecular formula is C14H13BrN2O. The summed E-state index contributed by atoms with van der Waals surface area (Å²) in [7, 11) is 0. The lowest BCUT2D eigenvalue weighted by Crippen LogP contribution is -2.30. The molecular weight excluding hydrogens is 292 g/mol. The molecule has 1 aromatic heterocycles. The molecule has 2 heterocycles. The minimum atomic E-state index is -0.0308. The van der Waals surface area contributed by atoms with E-state index in [1.807, 2.05) is 6.07 Å². The molecule has 0 radical (unpaired) electrons. The Morgan fingerprint density at radius 3 is 2.89 bits per heavy atom. The number of benzene rings is 1. The highest BCUT2D eigenvalue weighted by atomic mass is 79.9. The van der Waals surface area contributed by atoms with Crippen LogP contribution in [0.3, 0.4) is 0 Å². The van der Waals surface area contributed by atoms with Crippen LogP contribution in [0.2, 0.25) is 0 Å². The maximum absolute atomic E-state index is 11.2. The van der Waals surface area contributed by atoms with Gasteiger partial charge < -0.3 is 9.88 Å². The molecule has 0 saturated heterocycles. The summed E-state index contributed by atoms with van der Waals surface area (Å²) in [5.74, 6) is 0. The van der Waals surface area contributed by atoms with Crippen molar-refractivity contribution in [3.8, 4) is 0 Å². The molecule has 92 valence electrons. The second-order valence-electron chi connectivity index (χ2n) is 4.43. The molecule has 1 aliphatic rings. The Balaban J connectivity index is 1.94. The molecule has 0 fully saturated rings. The molecule has 0 spiro atoms. The fraction of sp³-hybridized carbons (Fsp3) is 0.214.